The molecule has 18 heavy (non-hydrogen) atoms. The Bertz CT molecular complexity index is 558. The first-order valence-electron chi connectivity index (χ1n) is 5.22. The summed E-state index contributed by atoms with van der Waals surface area (Å²) in [5, 5.41) is 2.81. The fourth-order valence-electron chi connectivity index (χ4n) is 1.15. The van der Waals surface area contributed by atoms with Gasteiger partial charge in [-0.1, -0.05) is 11.6 Å². The van der Waals surface area contributed by atoms with Crippen LogP contribution < -0.4 is 11.1 Å². The Morgan fingerprint density at radius 2 is 2.00 bits per heavy atom. The number of benzene rings is 1. The maximum Gasteiger partial charge on any atom is 0.154 e. The molecule has 0 amide bonds. The second-order valence-electron chi connectivity index (χ2n) is 4.74. The highest BCUT2D eigenvalue weighted by molar-refractivity contribution is 7.92. The molecule has 0 aliphatic heterocycles. The van der Waals surface area contributed by atoms with Gasteiger partial charge in [0, 0.05) is 18.9 Å². The molecule has 4 nitrogen and oxygen atoms in total. The SMILES string of the molecule is CC(C)(CNc1cc(Cl)c(F)cc1N)S(C)(=O)=O. The topological polar surface area (TPSA) is 72.2 Å². The van der Waals surface area contributed by atoms with Crippen LogP contribution in [0.1, 0.15) is 13.8 Å². The van der Waals surface area contributed by atoms with Crippen molar-refractivity contribution >= 4 is 32.8 Å². The minimum atomic E-state index is -3.21. The number of sulfone groups is 1. The monoisotopic (exact) mass is 294 g/mol. The molecule has 0 unspecified atom stereocenters. The lowest BCUT2D eigenvalue weighted by atomic mass is 10.2. The van der Waals surface area contributed by atoms with Gasteiger partial charge >= 0.3 is 0 Å². The molecule has 0 aliphatic carbocycles. The predicted molar refractivity (Wildman–Crippen MR) is 73.2 cm³/mol. The van der Waals surface area contributed by atoms with Gasteiger partial charge in [-0.3, -0.25) is 0 Å². The second kappa shape index (κ2) is 4.93. The second-order valence-corrected chi connectivity index (χ2v) is 7.80. The molecule has 1 rings (SSSR count). The van der Waals surface area contributed by atoms with Crippen molar-refractivity contribution in [2.45, 2.75) is 18.6 Å². The maximum atomic E-state index is 13.1. The lowest BCUT2D eigenvalue weighted by molar-refractivity contribution is 0.560. The molecular weight excluding hydrogens is 279 g/mol. The van der Waals surface area contributed by atoms with Crippen LogP contribution >= 0.6 is 11.6 Å². The third kappa shape index (κ3) is 3.26. The van der Waals surface area contributed by atoms with Gasteiger partial charge in [0.25, 0.3) is 0 Å². The number of hydrogen-bond donors (Lipinski definition) is 2. The molecule has 0 aliphatic rings. The van der Waals surface area contributed by atoms with Crippen molar-refractivity contribution in [3.8, 4) is 0 Å². The Hall–Kier alpha value is -1.01. The molecule has 0 spiro atoms. The van der Waals surface area contributed by atoms with E-state index in [1.807, 2.05) is 0 Å². The largest absolute Gasteiger partial charge is 0.397 e. The molecule has 0 saturated carbocycles. The zero-order chi connectivity index (χ0) is 14.1. The van der Waals surface area contributed by atoms with Crippen LogP contribution in [-0.2, 0) is 9.84 Å². The Labute approximate surface area is 111 Å². The standard InChI is InChI=1S/C11H16ClFN2O2S/c1-11(2,18(3,16)17)6-15-10-4-7(12)8(13)5-9(10)14/h4-5,15H,6,14H2,1-3H3. The summed E-state index contributed by atoms with van der Waals surface area (Å²) in [4.78, 5) is 0. The molecule has 0 bridgehead atoms. The number of nitrogens with one attached hydrogen (secondary N) is 1. The summed E-state index contributed by atoms with van der Waals surface area (Å²) >= 11 is 5.64. The van der Waals surface area contributed by atoms with Crippen molar-refractivity contribution in [3.05, 3.63) is 23.0 Å². The molecule has 0 atom stereocenters. The average Bonchev–Trinajstić information content (AvgIpc) is 2.20. The van der Waals surface area contributed by atoms with Crippen molar-refractivity contribution in [1.82, 2.24) is 0 Å². The van der Waals surface area contributed by atoms with Crippen molar-refractivity contribution in [2.24, 2.45) is 0 Å². The highest BCUT2D eigenvalue weighted by Crippen LogP contribution is 2.27. The molecule has 1 aromatic carbocycles. The van der Waals surface area contributed by atoms with Crippen molar-refractivity contribution in [1.29, 1.82) is 0 Å². The van der Waals surface area contributed by atoms with E-state index in [4.69, 9.17) is 17.3 Å². The first-order chi connectivity index (χ1) is 8.04. The predicted octanol–water partition coefficient (Wildman–Crippen LogP) is 2.30. The van der Waals surface area contributed by atoms with Crippen LogP contribution in [0.15, 0.2) is 12.1 Å². The molecule has 0 aromatic heterocycles. The van der Waals surface area contributed by atoms with Gasteiger partial charge in [-0.05, 0) is 19.9 Å². The fraction of sp³-hybridized carbons (Fsp3) is 0.455. The summed E-state index contributed by atoms with van der Waals surface area (Å²) < 4.78 is 35.2. The minimum Gasteiger partial charge on any atom is -0.397 e. The Morgan fingerprint density at radius 1 is 1.44 bits per heavy atom. The highest BCUT2D eigenvalue weighted by atomic mass is 35.5. The molecule has 0 heterocycles. The molecule has 0 fully saturated rings. The molecule has 1 aromatic rings. The molecule has 102 valence electrons. The Morgan fingerprint density at radius 3 is 2.50 bits per heavy atom. The lowest BCUT2D eigenvalue weighted by Crippen LogP contribution is -2.38. The molecule has 3 N–H and O–H groups in total. The van der Waals surface area contributed by atoms with Crippen LogP contribution in [0, 0.1) is 5.82 Å². The smallest absolute Gasteiger partial charge is 0.154 e. The number of nitrogens with two attached hydrogens (primary N) is 1. The summed E-state index contributed by atoms with van der Waals surface area (Å²) in [5.41, 5.74) is 6.21. The van der Waals surface area contributed by atoms with Gasteiger partial charge in [0.05, 0.1) is 21.1 Å². The van der Waals surface area contributed by atoms with E-state index in [1.165, 1.54) is 6.07 Å². The Kier molecular flexibility index (Phi) is 4.12. The van der Waals surface area contributed by atoms with E-state index in [1.54, 1.807) is 13.8 Å². The van der Waals surface area contributed by atoms with Gasteiger partial charge in [0.1, 0.15) is 5.82 Å². The van der Waals surface area contributed by atoms with Gasteiger partial charge < -0.3 is 11.1 Å². The van der Waals surface area contributed by atoms with E-state index in [0.29, 0.717) is 5.69 Å². The average molecular weight is 295 g/mol. The van der Waals surface area contributed by atoms with Crippen LogP contribution in [0.3, 0.4) is 0 Å². The van der Waals surface area contributed by atoms with E-state index in [9.17, 15) is 12.8 Å². The zero-order valence-corrected chi connectivity index (χ0v) is 12.0. The van der Waals surface area contributed by atoms with Gasteiger partial charge in [0.15, 0.2) is 9.84 Å². The first kappa shape index (κ1) is 15.0. The normalized spacial score (nSPS) is 12.5. The van der Waals surface area contributed by atoms with Crippen LogP contribution in [0.25, 0.3) is 0 Å². The lowest BCUT2D eigenvalue weighted by Gasteiger charge is -2.24. The van der Waals surface area contributed by atoms with Crippen molar-refractivity contribution in [2.75, 3.05) is 23.9 Å². The quantitative estimate of drug-likeness (QED) is 0.836. The number of nitrogen functional groups attached to an aromatic ring is 1. The minimum absolute atomic E-state index is 0.0659. The maximum absolute atomic E-state index is 13.1. The molecule has 0 radical (unpaired) electrons. The van der Waals surface area contributed by atoms with Crippen LogP contribution in [-0.4, -0.2) is 26.0 Å². The summed E-state index contributed by atoms with van der Waals surface area (Å²) in [6.45, 7) is 3.34. The zero-order valence-electron chi connectivity index (χ0n) is 10.4. The van der Waals surface area contributed by atoms with Crippen molar-refractivity contribution in [3.63, 3.8) is 0 Å². The van der Waals surface area contributed by atoms with Crippen LogP contribution in [0.5, 0.6) is 0 Å². The van der Waals surface area contributed by atoms with Gasteiger partial charge in [-0.15, -0.1) is 0 Å². The summed E-state index contributed by atoms with van der Waals surface area (Å²) in [5.74, 6) is -0.609. The van der Waals surface area contributed by atoms with E-state index < -0.39 is 20.4 Å². The summed E-state index contributed by atoms with van der Waals surface area (Å²) in [6.07, 6.45) is 1.16. The van der Waals surface area contributed by atoms with E-state index in [2.05, 4.69) is 5.32 Å². The van der Waals surface area contributed by atoms with Gasteiger partial charge in [-0.2, -0.15) is 0 Å². The third-order valence-corrected chi connectivity index (χ3v) is 5.24. The van der Waals surface area contributed by atoms with Gasteiger partial charge in [-0.25, -0.2) is 12.8 Å². The molecular formula is C11H16ClFN2O2S. The van der Waals surface area contributed by atoms with Crippen LogP contribution in [0.4, 0.5) is 15.8 Å². The highest BCUT2D eigenvalue weighted by Gasteiger charge is 2.30. The number of anilines is 2. The van der Waals surface area contributed by atoms with Crippen LogP contribution in [0.2, 0.25) is 5.02 Å². The number of hydrogen-bond acceptors (Lipinski definition) is 4. The van der Waals surface area contributed by atoms with Gasteiger partial charge in [0.2, 0.25) is 0 Å². The van der Waals surface area contributed by atoms with Crippen molar-refractivity contribution < 1.29 is 12.8 Å². The Balaban J connectivity index is 2.91. The molecule has 0 saturated heterocycles. The summed E-state index contributed by atoms with van der Waals surface area (Å²) in [7, 11) is -3.21. The summed E-state index contributed by atoms with van der Waals surface area (Å²) in [6, 6.07) is 2.43. The number of halogens is 2. The number of rotatable bonds is 4. The first-order valence-corrected chi connectivity index (χ1v) is 7.49. The fourth-order valence-corrected chi connectivity index (χ4v) is 1.65. The third-order valence-electron chi connectivity index (χ3n) is 2.80. The van der Waals surface area contributed by atoms with E-state index in [-0.39, 0.29) is 17.3 Å². The van der Waals surface area contributed by atoms with E-state index in [0.717, 1.165) is 12.3 Å². The molecule has 7 heteroatoms. The van der Waals surface area contributed by atoms with E-state index >= 15 is 0 Å².